The zero-order valence-corrected chi connectivity index (χ0v) is 18.3. The molecular formula is C22H25F2N5O4. The van der Waals surface area contributed by atoms with Gasteiger partial charge in [0.05, 0.1) is 0 Å². The predicted octanol–water partition coefficient (Wildman–Crippen LogP) is 0.885. The van der Waals surface area contributed by atoms with E-state index in [1.165, 1.54) is 16.9 Å². The Morgan fingerprint density at radius 3 is 2.58 bits per heavy atom. The highest BCUT2D eigenvalue weighted by molar-refractivity contribution is 5.99. The maximum Gasteiger partial charge on any atom is 0.278 e. The summed E-state index contributed by atoms with van der Waals surface area (Å²) in [5.41, 5.74) is -2.26. The van der Waals surface area contributed by atoms with Crippen molar-refractivity contribution in [2.45, 2.75) is 32.0 Å². The van der Waals surface area contributed by atoms with E-state index in [1.807, 2.05) is 6.92 Å². The minimum absolute atomic E-state index is 0.0339. The zero-order valence-electron chi connectivity index (χ0n) is 18.3. The lowest BCUT2D eigenvalue weighted by Crippen LogP contribution is -2.71. The largest absolute Gasteiger partial charge is 0.502 e. The van der Waals surface area contributed by atoms with Gasteiger partial charge in [-0.2, -0.15) is 0 Å². The minimum atomic E-state index is -1.00. The van der Waals surface area contributed by atoms with Crippen molar-refractivity contribution < 1.29 is 23.5 Å². The molecule has 0 aliphatic carbocycles. The van der Waals surface area contributed by atoms with E-state index in [4.69, 9.17) is 0 Å². The number of pyridine rings is 1. The summed E-state index contributed by atoms with van der Waals surface area (Å²) in [6, 6.07) is 2.94. The molecule has 1 saturated heterocycles. The molecule has 1 fully saturated rings. The molecule has 2 aliphatic heterocycles. The Morgan fingerprint density at radius 1 is 1.24 bits per heavy atom. The van der Waals surface area contributed by atoms with Crippen molar-refractivity contribution in [3.05, 3.63) is 63.1 Å². The van der Waals surface area contributed by atoms with Gasteiger partial charge in [-0.25, -0.2) is 8.78 Å². The number of nitrogens with zero attached hydrogens (tertiary/aromatic N) is 3. The van der Waals surface area contributed by atoms with Crippen LogP contribution in [0.2, 0.25) is 0 Å². The fraction of sp³-hybridized carbons (Fsp3) is 0.409. The van der Waals surface area contributed by atoms with Crippen LogP contribution in [0.5, 0.6) is 5.75 Å². The number of aromatic nitrogens is 1. The third kappa shape index (κ3) is 3.62. The monoisotopic (exact) mass is 461 g/mol. The molecule has 0 bridgehead atoms. The van der Waals surface area contributed by atoms with Crippen LogP contribution in [0.4, 0.5) is 8.78 Å². The summed E-state index contributed by atoms with van der Waals surface area (Å²) in [5.74, 6) is -3.76. The number of carbonyl (C=O) groups excluding carboxylic acids is 2. The summed E-state index contributed by atoms with van der Waals surface area (Å²) in [6.45, 7) is 3.26. The molecular weight excluding hydrogens is 436 g/mol. The van der Waals surface area contributed by atoms with Crippen LogP contribution in [0.25, 0.3) is 0 Å². The average Bonchev–Trinajstić information content (AvgIpc) is 2.79. The molecule has 1 aromatic carbocycles. The second-order valence-corrected chi connectivity index (χ2v) is 8.14. The van der Waals surface area contributed by atoms with Gasteiger partial charge in [0.15, 0.2) is 11.4 Å². The molecule has 176 valence electrons. The van der Waals surface area contributed by atoms with Gasteiger partial charge < -0.3 is 20.6 Å². The van der Waals surface area contributed by atoms with E-state index in [0.717, 1.165) is 6.07 Å². The zero-order chi connectivity index (χ0) is 23.9. The van der Waals surface area contributed by atoms with Crippen molar-refractivity contribution in [1.82, 2.24) is 20.2 Å². The number of piperidine rings is 1. The van der Waals surface area contributed by atoms with E-state index >= 15 is 0 Å². The van der Waals surface area contributed by atoms with Crippen LogP contribution in [0.15, 0.2) is 29.2 Å². The molecule has 2 amide bonds. The van der Waals surface area contributed by atoms with Gasteiger partial charge in [-0.15, -0.1) is 0 Å². The van der Waals surface area contributed by atoms with Gasteiger partial charge in [0.1, 0.15) is 22.9 Å². The highest BCUT2D eigenvalue weighted by atomic mass is 19.1. The third-order valence-electron chi connectivity index (χ3n) is 6.46. The number of nitrogens with one attached hydrogen (secondary N) is 2. The number of aromatic hydroxyl groups is 1. The van der Waals surface area contributed by atoms with Crippen molar-refractivity contribution >= 4 is 11.8 Å². The lowest BCUT2D eigenvalue weighted by molar-refractivity contribution is 0.0175. The first kappa shape index (κ1) is 22.7. The molecule has 2 aromatic rings. The molecule has 0 unspecified atom stereocenters. The first-order valence-electron chi connectivity index (χ1n) is 10.7. The van der Waals surface area contributed by atoms with Gasteiger partial charge in [-0.1, -0.05) is 6.07 Å². The molecule has 2 aliphatic rings. The molecule has 4 rings (SSSR count). The summed E-state index contributed by atoms with van der Waals surface area (Å²) in [7, 11) is 1.74. The van der Waals surface area contributed by atoms with Crippen molar-refractivity contribution in [2.75, 3.05) is 31.7 Å². The Balaban J connectivity index is 1.71. The number of rotatable bonds is 4. The summed E-state index contributed by atoms with van der Waals surface area (Å²) in [6.07, 6.45) is 2.45. The van der Waals surface area contributed by atoms with E-state index in [9.17, 15) is 28.3 Å². The number of hydrogen-bond acceptors (Lipinski definition) is 6. The quantitative estimate of drug-likeness (QED) is 0.624. The van der Waals surface area contributed by atoms with Crippen LogP contribution in [-0.4, -0.2) is 58.8 Å². The first-order chi connectivity index (χ1) is 15.7. The predicted molar refractivity (Wildman–Crippen MR) is 116 cm³/mol. The highest BCUT2D eigenvalue weighted by Crippen LogP contribution is 2.35. The van der Waals surface area contributed by atoms with Crippen molar-refractivity contribution in [3.63, 3.8) is 0 Å². The van der Waals surface area contributed by atoms with Crippen LogP contribution in [0.1, 0.15) is 46.2 Å². The van der Waals surface area contributed by atoms with Crippen LogP contribution < -0.4 is 21.1 Å². The molecule has 0 atom stereocenters. The molecule has 3 N–H and O–H groups in total. The standard InChI is InChI=1S/C22H25F2N5O4/c1-3-28-21(33)17-19(31)18(30)15(12-29(17)27(2)22(28)6-8-25-9-7-22)20(32)26-11-13-4-5-14(23)10-16(13)24/h4-5,10,12,25,31H,3,6-9,11H2,1-2H3,(H,26,32). The third-order valence-corrected chi connectivity index (χ3v) is 6.46. The number of carbonyl (C=O) groups is 2. The van der Waals surface area contributed by atoms with Crippen molar-refractivity contribution in [1.29, 1.82) is 0 Å². The Labute approximate surface area is 188 Å². The molecule has 3 heterocycles. The number of amides is 2. The van der Waals surface area contributed by atoms with Crippen LogP contribution in [0.3, 0.4) is 0 Å². The fourth-order valence-electron chi connectivity index (χ4n) is 4.67. The Hall–Kier alpha value is -3.47. The highest BCUT2D eigenvalue weighted by Gasteiger charge is 2.49. The molecule has 11 heteroatoms. The Bertz CT molecular complexity index is 1180. The van der Waals surface area contributed by atoms with E-state index in [1.54, 1.807) is 17.0 Å². The van der Waals surface area contributed by atoms with E-state index in [0.29, 0.717) is 38.5 Å². The van der Waals surface area contributed by atoms with Gasteiger partial charge in [0.25, 0.3) is 11.8 Å². The number of benzene rings is 1. The van der Waals surface area contributed by atoms with Crippen LogP contribution in [-0.2, 0) is 6.54 Å². The smallest absolute Gasteiger partial charge is 0.278 e. The Morgan fingerprint density at radius 2 is 1.94 bits per heavy atom. The topological polar surface area (TPSA) is 107 Å². The van der Waals surface area contributed by atoms with E-state index in [-0.39, 0.29) is 17.8 Å². The fourth-order valence-corrected chi connectivity index (χ4v) is 4.67. The van der Waals surface area contributed by atoms with E-state index in [2.05, 4.69) is 10.6 Å². The van der Waals surface area contributed by atoms with Gasteiger partial charge in [0, 0.05) is 50.8 Å². The lowest BCUT2D eigenvalue weighted by atomic mass is 9.93. The van der Waals surface area contributed by atoms with Gasteiger partial charge in [-0.3, -0.25) is 24.1 Å². The number of hydrogen-bond donors (Lipinski definition) is 3. The van der Waals surface area contributed by atoms with Crippen LogP contribution in [0, 0.1) is 11.6 Å². The Kier molecular flexibility index (Phi) is 5.83. The first-order valence-corrected chi connectivity index (χ1v) is 10.7. The summed E-state index contributed by atoms with van der Waals surface area (Å²) >= 11 is 0. The van der Waals surface area contributed by atoms with Gasteiger partial charge in [0.2, 0.25) is 5.43 Å². The minimum Gasteiger partial charge on any atom is -0.502 e. The van der Waals surface area contributed by atoms with Crippen LogP contribution >= 0.6 is 0 Å². The van der Waals surface area contributed by atoms with Crippen molar-refractivity contribution in [2.24, 2.45) is 0 Å². The lowest BCUT2D eigenvalue weighted by Gasteiger charge is -2.55. The number of fused-ring (bicyclic) bond motifs is 1. The average molecular weight is 461 g/mol. The normalized spacial score (nSPS) is 17.3. The molecule has 0 saturated carbocycles. The molecule has 9 nitrogen and oxygen atoms in total. The molecule has 1 aromatic heterocycles. The molecule has 0 radical (unpaired) electrons. The molecule has 1 spiro atoms. The van der Waals surface area contributed by atoms with E-state index < -0.39 is 45.9 Å². The maximum atomic E-state index is 13.9. The van der Waals surface area contributed by atoms with Gasteiger partial charge >= 0.3 is 0 Å². The second-order valence-electron chi connectivity index (χ2n) is 8.14. The maximum absolute atomic E-state index is 13.9. The second kappa shape index (κ2) is 8.47. The summed E-state index contributed by atoms with van der Waals surface area (Å²) in [5, 5.41) is 18.1. The van der Waals surface area contributed by atoms with Gasteiger partial charge in [-0.05, 0) is 26.1 Å². The summed E-state index contributed by atoms with van der Waals surface area (Å²) < 4.78 is 28.3. The SMILES string of the molecule is CCN1C(=O)c2c(O)c(=O)c(C(=O)NCc3ccc(F)cc3F)cn2N(C)C12CCNCC2. The summed E-state index contributed by atoms with van der Waals surface area (Å²) in [4.78, 5) is 40.5. The molecule has 33 heavy (non-hydrogen) atoms. The van der Waals surface area contributed by atoms with Crippen molar-refractivity contribution in [3.8, 4) is 5.75 Å². The number of halogens is 2.